The van der Waals surface area contributed by atoms with E-state index in [2.05, 4.69) is 0 Å². The molecule has 52 valence electrons. The van der Waals surface area contributed by atoms with E-state index >= 15 is 0 Å². The molecule has 0 amide bonds. The normalized spacial score (nSPS) is 8.91. The van der Waals surface area contributed by atoms with E-state index in [1.807, 2.05) is 0 Å². The standard InChI is InChI=1S/C6H2N4O/c7-1-5(2-8)6(11,3-9)4-10/h5,11H. The van der Waals surface area contributed by atoms with Crippen molar-refractivity contribution in [1.29, 1.82) is 21.0 Å². The maximum atomic E-state index is 8.92. The van der Waals surface area contributed by atoms with E-state index in [0.717, 1.165) is 0 Å². The summed E-state index contributed by atoms with van der Waals surface area (Å²) in [6.07, 6.45) is 0. The van der Waals surface area contributed by atoms with Gasteiger partial charge in [0, 0.05) is 0 Å². The van der Waals surface area contributed by atoms with Gasteiger partial charge in [-0.05, 0) is 0 Å². The van der Waals surface area contributed by atoms with Crippen LogP contribution in [0.4, 0.5) is 0 Å². The summed E-state index contributed by atoms with van der Waals surface area (Å²) < 4.78 is 0. The lowest BCUT2D eigenvalue weighted by molar-refractivity contribution is 0.137. The number of rotatable bonds is 1. The van der Waals surface area contributed by atoms with Crippen molar-refractivity contribution in [1.82, 2.24) is 0 Å². The second kappa shape index (κ2) is 3.18. The molecule has 0 aromatic heterocycles. The van der Waals surface area contributed by atoms with Crippen molar-refractivity contribution in [3.05, 3.63) is 0 Å². The molecule has 0 aliphatic heterocycles. The van der Waals surface area contributed by atoms with Gasteiger partial charge >= 0.3 is 0 Å². The summed E-state index contributed by atoms with van der Waals surface area (Å²) in [5.41, 5.74) is -2.51. The van der Waals surface area contributed by atoms with Crippen molar-refractivity contribution in [2.75, 3.05) is 0 Å². The van der Waals surface area contributed by atoms with Crippen LogP contribution in [0.1, 0.15) is 0 Å². The molecule has 0 aliphatic rings. The van der Waals surface area contributed by atoms with Gasteiger partial charge < -0.3 is 5.11 Å². The van der Waals surface area contributed by atoms with Crippen LogP contribution in [-0.4, -0.2) is 10.7 Å². The van der Waals surface area contributed by atoms with Gasteiger partial charge in [-0.1, -0.05) is 0 Å². The van der Waals surface area contributed by atoms with Gasteiger partial charge in [0.25, 0.3) is 5.60 Å². The largest absolute Gasteiger partial charge is 0.362 e. The number of nitrogens with zero attached hydrogens (tertiary/aromatic N) is 4. The van der Waals surface area contributed by atoms with Gasteiger partial charge in [-0.3, -0.25) is 0 Å². The van der Waals surface area contributed by atoms with Crippen molar-refractivity contribution in [3.8, 4) is 24.3 Å². The number of hydrogen-bond acceptors (Lipinski definition) is 5. The highest BCUT2D eigenvalue weighted by atomic mass is 16.3. The predicted molar refractivity (Wildman–Crippen MR) is 30.9 cm³/mol. The van der Waals surface area contributed by atoms with E-state index in [4.69, 9.17) is 26.2 Å². The fourth-order valence-corrected chi connectivity index (χ4v) is 0.370. The summed E-state index contributed by atoms with van der Waals surface area (Å²) in [6, 6.07) is 5.04. The lowest BCUT2D eigenvalue weighted by atomic mass is 9.93. The van der Waals surface area contributed by atoms with Crippen LogP contribution >= 0.6 is 0 Å². The maximum absolute atomic E-state index is 8.92. The Morgan fingerprint density at radius 3 is 1.45 bits per heavy atom. The van der Waals surface area contributed by atoms with Gasteiger partial charge in [0.05, 0.1) is 12.1 Å². The van der Waals surface area contributed by atoms with Crippen LogP contribution in [0.25, 0.3) is 0 Å². The lowest BCUT2D eigenvalue weighted by Crippen LogP contribution is -2.32. The van der Waals surface area contributed by atoms with Crippen molar-refractivity contribution in [2.45, 2.75) is 5.60 Å². The highest BCUT2D eigenvalue weighted by Crippen LogP contribution is 2.13. The van der Waals surface area contributed by atoms with E-state index in [1.54, 1.807) is 0 Å². The lowest BCUT2D eigenvalue weighted by Gasteiger charge is -2.08. The van der Waals surface area contributed by atoms with Gasteiger partial charge in [0.15, 0.2) is 5.92 Å². The second-order valence-electron chi connectivity index (χ2n) is 1.68. The molecular formula is C6H2N4O. The first-order chi connectivity index (χ1) is 5.14. The van der Waals surface area contributed by atoms with Gasteiger partial charge in [-0.2, -0.15) is 21.0 Å². The molecule has 0 spiro atoms. The summed E-state index contributed by atoms with van der Waals surface area (Å²) in [6.45, 7) is 0. The Kier molecular flexibility index (Phi) is 2.58. The van der Waals surface area contributed by atoms with E-state index < -0.39 is 11.5 Å². The Bertz CT molecular complexity index is 279. The highest BCUT2D eigenvalue weighted by molar-refractivity contribution is 5.28. The molecule has 5 heteroatoms. The average Bonchev–Trinajstić information content (AvgIpc) is 2.06. The third-order valence-electron chi connectivity index (χ3n) is 1.02. The molecule has 0 aliphatic carbocycles. The van der Waals surface area contributed by atoms with Gasteiger partial charge in [0.1, 0.15) is 12.1 Å². The van der Waals surface area contributed by atoms with Crippen LogP contribution in [0.3, 0.4) is 0 Å². The Morgan fingerprint density at radius 1 is 1.00 bits per heavy atom. The molecule has 0 unspecified atom stereocenters. The summed E-state index contributed by atoms with van der Waals surface area (Å²) in [4.78, 5) is 0. The van der Waals surface area contributed by atoms with Crippen molar-refractivity contribution >= 4 is 0 Å². The molecule has 11 heavy (non-hydrogen) atoms. The third kappa shape index (κ3) is 1.43. The zero-order valence-corrected chi connectivity index (χ0v) is 5.31. The van der Waals surface area contributed by atoms with Crippen LogP contribution in [0.5, 0.6) is 0 Å². The zero-order chi connectivity index (χ0) is 8.91. The Morgan fingerprint density at radius 2 is 1.36 bits per heavy atom. The summed E-state index contributed by atoms with van der Waals surface area (Å²) in [5.74, 6) is -1.63. The number of nitriles is 4. The molecule has 0 aromatic rings. The maximum Gasteiger partial charge on any atom is 0.268 e. The van der Waals surface area contributed by atoms with Crippen molar-refractivity contribution in [2.24, 2.45) is 5.92 Å². The number of aliphatic hydroxyl groups is 1. The number of hydrogen-bond donors (Lipinski definition) is 1. The Labute approximate surface area is 62.9 Å². The minimum Gasteiger partial charge on any atom is -0.362 e. The molecule has 0 radical (unpaired) electrons. The fourth-order valence-electron chi connectivity index (χ4n) is 0.370. The van der Waals surface area contributed by atoms with Gasteiger partial charge in [-0.15, -0.1) is 0 Å². The van der Waals surface area contributed by atoms with Crippen molar-refractivity contribution < 1.29 is 5.11 Å². The molecule has 0 saturated heterocycles. The first-order valence-electron chi connectivity index (χ1n) is 2.48. The molecular weight excluding hydrogens is 144 g/mol. The summed E-state index contributed by atoms with van der Waals surface area (Å²) >= 11 is 0. The molecule has 0 aromatic carbocycles. The van der Waals surface area contributed by atoms with Crippen molar-refractivity contribution in [3.63, 3.8) is 0 Å². The van der Waals surface area contributed by atoms with Crippen LogP contribution in [0.15, 0.2) is 0 Å². The van der Waals surface area contributed by atoms with E-state index in [1.165, 1.54) is 24.3 Å². The summed E-state index contributed by atoms with van der Waals surface area (Å²) in [5, 5.41) is 41.7. The smallest absolute Gasteiger partial charge is 0.268 e. The molecule has 0 rings (SSSR count). The molecule has 0 heterocycles. The van der Waals surface area contributed by atoms with Gasteiger partial charge in [-0.25, -0.2) is 0 Å². The monoisotopic (exact) mass is 146 g/mol. The minimum atomic E-state index is -2.51. The highest BCUT2D eigenvalue weighted by Gasteiger charge is 2.38. The molecule has 0 atom stereocenters. The van der Waals surface area contributed by atoms with Crippen LogP contribution in [0, 0.1) is 51.2 Å². The third-order valence-corrected chi connectivity index (χ3v) is 1.02. The molecule has 0 bridgehead atoms. The summed E-state index contributed by atoms with van der Waals surface area (Å²) in [7, 11) is 0. The Hall–Kier alpha value is -2.08. The van der Waals surface area contributed by atoms with E-state index in [9.17, 15) is 0 Å². The second-order valence-corrected chi connectivity index (χ2v) is 1.68. The molecule has 5 nitrogen and oxygen atoms in total. The first kappa shape index (κ1) is 8.92. The first-order valence-corrected chi connectivity index (χ1v) is 2.48. The van der Waals surface area contributed by atoms with Crippen LogP contribution in [0.2, 0.25) is 0 Å². The quantitative estimate of drug-likeness (QED) is 0.497. The van der Waals surface area contributed by atoms with Gasteiger partial charge in [0.2, 0.25) is 0 Å². The molecule has 0 saturated carbocycles. The van der Waals surface area contributed by atoms with E-state index in [-0.39, 0.29) is 0 Å². The SMILES string of the molecule is N#CC(C#N)C(O)(C#N)C#N. The predicted octanol–water partition coefficient (Wildman–Crippen LogP) is -0.572. The minimum absolute atomic E-state index is 1.18. The fraction of sp³-hybridized carbons (Fsp3) is 0.333. The van der Waals surface area contributed by atoms with Crippen LogP contribution < -0.4 is 0 Å². The Balaban J connectivity index is 4.90. The molecule has 1 N–H and O–H groups in total. The average molecular weight is 146 g/mol. The zero-order valence-electron chi connectivity index (χ0n) is 5.31. The van der Waals surface area contributed by atoms with Crippen LogP contribution in [-0.2, 0) is 0 Å². The molecule has 0 fully saturated rings. The van der Waals surface area contributed by atoms with E-state index in [0.29, 0.717) is 0 Å². The topological polar surface area (TPSA) is 115 Å².